The Balaban J connectivity index is 1.76. The zero-order valence-corrected chi connectivity index (χ0v) is 15.2. The van der Waals surface area contributed by atoms with Crippen molar-refractivity contribution < 1.29 is 0 Å². The Labute approximate surface area is 159 Å². The number of aromatic nitrogens is 3. The Morgan fingerprint density at radius 2 is 1.48 bits per heavy atom. The molecule has 27 heavy (non-hydrogen) atoms. The molecule has 0 fully saturated rings. The van der Waals surface area contributed by atoms with Crippen molar-refractivity contribution in [1.29, 1.82) is 0 Å². The molecular weight excluding hydrogens is 332 g/mol. The van der Waals surface area contributed by atoms with Crippen LogP contribution in [-0.4, -0.2) is 22.0 Å². The van der Waals surface area contributed by atoms with Crippen molar-refractivity contribution in [1.82, 2.24) is 15.0 Å². The van der Waals surface area contributed by atoms with E-state index in [9.17, 15) is 0 Å². The van der Waals surface area contributed by atoms with E-state index in [0.717, 1.165) is 29.2 Å². The van der Waals surface area contributed by atoms with E-state index >= 15 is 0 Å². The highest BCUT2D eigenvalue weighted by Crippen LogP contribution is 2.26. The first-order valence-electron chi connectivity index (χ1n) is 8.89. The van der Waals surface area contributed by atoms with Crippen molar-refractivity contribution in [3.05, 3.63) is 96.8 Å². The summed E-state index contributed by atoms with van der Waals surface area (Å²) in [7, 11) is 2.05. The van der Waals surface area contributed by atoms with Gasteiger partial charge in [0.2, 0.25) is 0 Å². The summed E-state index contributed by atoms with van der Waals surface area (Å²) >= 11 is 0. The molecule has 0 bridgehead atoms. The molecule has 4 nitrogen and oxygen atoms in total. The van der Waals surface area contributed by atoms with E-state index in [1.807, 2.05) is 42.5 Å². The Kier molecular flexibility index (Phi) is 4.88. The standard InChI is InChI=1S/C23H20N4/c1-27(17-18-9-4-2-5-10-18)22-15-21(19-11-6-3-7-12-19)25-23(26-22)20-13-8-14-24-16-20/h2-16H,17H2,1H3. The first-order chi connectivity index (χ1) is 13.3. The lowest BCUT2D eigenvalue weighted by molar-refractivity contribution is 0.893. The highest BCUT2D eigenvalue weighted by atomic mass is 15.2. The lowest BCUT2D eigenvalue weighted by atomic mass is 10.1. The van der Waals surface area contributed by atoms with Crippen LogP contribution < -0.4 is 4.90 Å². The maximum atomic E-state index is 4.80. The summed E-state index contributed by atoms with van der Waals surface area (Å²) in [5.74, 6) is 1.56. The van der Waals surface area contributed by atoms with E-state index in [-0.39, 0.29) is 0 Å². The van der Waals surface area contributed by atoms with Gasteiger partial charge in [0.15, 0.2) is 5.82 Å². The molecule has 2 aromatic carbocycles. The van der Waals surface area contributed by atoms with Gasteiger partial charge in [-0.05, 0) is 17.7 Å². The summed E-state index contributed by atoms with van der Waals surface area (Å²) < 4.78 is 0. The number of hydrogen-bond acceptors (Lipinski definition) is 4. The van der Waals surface area contributed by atoms with Gasteiger partial charge in [-0.3, -0.25) is 4.98 Å². The van der Waals surface area contributed by atoms with Crippen molar-refractivity contribution in [3.63, 3.8) is 0 Å². The van der Waals surface area contributed by atoms with Crippen LogP contribution in [0.15, 0.2) is 91.3 Å². The first kappa shape index (κ1) is 16.9. The molecule has 2 aromatic heterocycles. The Morgan fingerprint density at radius 1 is 0.778 bits per heavy atom. The van der Waals surface area contributed by atoms with Gasteiger partial charge in [-0.1, -0.05) is 60.7 Å². The molecular formula is C23H20N4. The normalized spacial score (nSPS) is 10.6. The highest BCUT2D eigenvalue weighted by molar-refractivity contribution is 5.67. The summed E-state index contributed by atoms with van der Waals surface area (Å²) in [6.45, 7) is 0.776. The predicted octanol–water partition coefficient (Wildman–Crippen LogP) is 4.84. The lowest BCUT2D eigenvalue weighted by Gasteiger charge is -2.20. The molecule has 4 heteroatoms. The van der Waals surface area contributed by atoms with Crippen LogP contribution in [0.25, 0.3) is 22.6 Å². The van der Waals surface area contributed by atoms with Gasteiger partial charge in [-0.2, -0.15) is 0 Å². The fraction of sp³-hybridized carbons (Fsp3) is 0.0870. The summed E-state index contributed by atoms with van der Waals surface area (Å²) in [5, 5.41) is 0. The van der Waals surface area contributed by atoms with Gasteiger partial charge in [0.1, 0.15) is 5.82 Å². The quantitative estimate of drug-likeness (QED) is 0.515. The van der Waals surface area contributed by atoms with Gasteiger partial charge in [0.05, 0.1) is 5.69 Å². The minimum atomic E-state index is 0.680. The van der Waals surface area contributed by atoms with Crippen LogP contribution >= 0.6 is 0 Å². The zero-order valence-electron chi connectivity index (χ0n) is 15.2. The summed E-state index contributed by atoms with van der Waals surface area (Å²) in [4.78, 5) is 15.9. The fourth-order valence-corrected chi connectivity index (χ4v) is 2.95. The second-order valence-corrected chi connectivity index (χ2v) is 6.38. The van der Waals surface area contributed by atoms with E-state index < -0.39 is 0 Å². The minimum absolute atomic E-state index is 0.680. The third kappa shape index (κ3) is 4.01. The van der Waals surface area contributed by atoms with Crippen LogP contribution in [0.5, 0.6) is 0 Å². The van der Waals surface area contributed by atoms with Gasteiger partial charge in [0.25, 0.3) is 0 Å². The maximum Gasteiger partial charge on any atom is 0.163 e. The van der Waals surface area contributed by atoms with Crippen molar-refractivity contribution in [2.45, 2.75) is 6.54 Å². The molecule has 2 heterocycles. The fourth-order valence-electron chi connectivity index (χ4n) is 2.95. The van der Waals surface area contributed by atoms with Gasteiger partial charge in [0, 0.05) is 43.2 Å². The molecule has 0 spiro atoms. The molecule has 0 aliphatic carbocycles. The SMILES string of the molecule is CN(Cc1ccccc1)c1cc(-c2ccccc2)nc(-c2cccnc2)n1. The van der Waals surface area contributed by atoms with Crippen LogP contribution in [0.2, 0.25) is 0 Å². The third-order valence-corrected chi connectivity index (χ3v) is 4.36. The van der Waals surface area contributed by atoms with E-state index in [0.29, 0.717) is 5.82 Å². The molecule has 0 saturated heterocycles. The predicted molar refractivity (Wildman–Crippen MR) is 109 cm³/mol. The summed E-state index contributed by atoms with van der Waals surface area (Å²) in [5.41, 5.74) is 4.12. The van der Waals surface area contributed by atoms with Crippen LogP contribution in [-0.2, 0) is 6.54 Å². The van der Waals surface area contributed by atoms with Crippen molar-refractivity contribution in [2.24, 2.45) is 0 Å². The molecule has 0 aliphatic rings. The van der Waals surface area contributed by atoms with Gasteiger partial charge in [-0.15, -0.1) is 0 Å². The van der Waals surface area contributed by atoms with Gasteiger partial charge in [-0.25, -0.2) is 9.97 Å². The third-order valence-electron chi connectivity index (χ3n) is 4.36. The molecule has 0 unspecified atom stereocenters. The van der Waals surface area contributed by atoms with Crippen molar-refractivity contribution in [2.75, 3.05) is 11.9 Å². The second kappa shape index (κ2) is 7.79. The topological polar surface area (TPSA) is 41.9 Å². The molecule has 0 N–H and O–H groups in total. The van der Waals surface area contributed by atoms with Crippen LogP contribution in [0.4, 0.5) is 5.82 Å². The Bertz CT molecular complexity index is 944. The van der Waals surface area contributed by atoms with Crippen molar-refractivity contribution >= 4 is 5.82 Å². The monoisotopic (exact) mass is 352 g/mol. The highest BCUT2D eigenvalue weighted by Gasteiger charge is 2.12. The number of benzene rings is 2. The summed E-state index contributed by atoms with van der Waals surface area (Å²) in [6.07, 6.45) is 3.55. The molecule has 4 aromatic rings. The zero-order chi connectivity index (χ0) is 18.5. The second-order valence-electron chi connectivity index (χ2n) is 6.38. The van der Waals surface area contributed by atoms with Gasteiger partial charge >= 0.3 is 0 Å². The molecule has 4 rings (SSSR count). The smallest absolute Gasteiger partial charge is 0.163 e. The molecule has 0 aliphatic heterocycles. The molecule has 0 radical (unpaired) electrons. The van der Waals surface area contributed by atoms with E-state index in [2.05, 4.69) is 53.3 Å². The number of rotatable bonds is 5. The number of pyridine rings is 1. The largest absolute Gasteiger partial charge is 0.355 e. The van der Waals surface area contributed by atoms with Gasteiger partial charge < -0.3 is 4.90 Å². The average molecular weight is 352 g/mol. The average Bonchev–Trinajstić information content (AvgIpc) is 2.75. The number of hydrogen-bond donors (Lipinski definition) is 0. The first-order valence-corrected chi connectivity index (χ1v) is 8.89. The van der Waals surface area contributed by atoms with Crippen LogP contribution in [0, 0.1) is 0 Å². The maximum absolute atomic E-state index is 4.80. The lowest BCUT2D eigenvalue weighted by Crippen LogP contribution is -2.18. The molecule has 132 valence electrons. The van der Waals surface area contributed by atoms with E-state index in [1.54, 1.807) is 12.4 Å². The van der Waals surface area contributed by atoms with E-state index in [1.165, 1.54) is 5.56 Å². The van der Waals surface area contributed by atoms with Crippen molar-refractivity contribution in [3.8, 4) is 22.6 Å². The molecule has 0 saturated carbocycles. The Morgan fingerprint density at radius 3 is 2.19 bits per heavy atom. The Hall–Kier alpha value is -3.53. The van der Waals surface area contributed by atoms with E-state index in [4.69, 9.17) is 9.97 Å². The minimum Gasteiger partial charge on any atom is -0.355 e. The number of anilines is 1. The van der Waals surface area contributed by atoms with Crippen LogP contribution in [0.1, 0.15) is 5.56 Å². The molecule has 0 atom stereocenters. The summed E-state index contributed by atoms with van der Waals surface area (Å²) in [6, 6.07) is 26.5. The van der Waals surface area contributed by atoms with Crippen LogP contribution in [0.3, 0.4) is 0 Å². The number of nitrogens with zero attached hydrogens (tertiary/aromatic N) is 4. The molecule has 0 amide bonds.